The Hall–Kier alpha value is -2.57. The van der Waals surface area contributed by atoms with Gasteiger partial charge in [-0.2, -0.15) is 0 Å². The third-order valence-corrected chi connectivity index (χ3v) is 3.52. The highest BCUT2D eigenvalue weighted by Crippen LogP contribution is 2.24. The standard InChI is InChI=1S/C14H18N6O/c1-20-9-17-19-13(20)6-7-15-14(21)12-8-16-10-4-2-3-5-11(10)18-12/h2-5,9,12,16,18H,6-8H2,1H3,(H,15,21). The van der Waals surface area contributed by atoms with Crippen LogP contribution in [0.4, 0.5) is 11.4 Å². The van der Waals surface area contributed by atoms with Gasteiger partial charge in [0, 0.05) is 26.6 Å². The molecule has 0 spiro atoms. The van der Waals surface area contributed by atoms with Crippen molar-refractivity contribution in [3.8, 4) is 0 Å². The zero-order valence-corrected chi connectivity index (χ0v) is 11.8. The minimum absolute atomic E-state index is 0.0147. The lowest BCUT2D eigenvalue weighted by Crippen LogP contribution is -2.46. The number of anilines is 2. The van der Waals surface area contributed by atoms with Crippen molar-refractivity contribution >= 4 is 17.3 Å². The minimum atomic E-state index is -0.264. The van der Waals surface area contributed by atoms with Crippen LogP contribution in [0.25, 0.3) is 0 Å². The van der Waals surface area contributed by atoms with Gasteiger partial charge in [0.25, 0.3) is 0 Å². The van der Waals surface area contributed by atoms with Crippen molar-refractivity contribution < 1.29 is 4.79 Å². The number of benzene rings is 1. The largest absolute Gasteiger partial charge is 0.381 e. The number of nitrogens with one attached hydrogen (secondary N) is 3. The fourth-order valence-electron chi connectivity index (χ4n) is 2.33. The molecule has 21 heavy (non-hydrogen) atoms. The Bertz CT molecular complexity index is 638. The molecule has 1 atom stereocenters. The van der Waals surface area contributed by atoms with E-state index in [2.05, 4.69) is 26.1 Å². The number of carbonyl (C=O) groups excluding carboxylic acids is 1. The van der Waals surface area contributed by atoms with E-state index >= 15 is 0 Å². The van der Waals surface area contributed by atoms with Crippen LogP contribution in [-0.4, -0.2) is 39.8 Å². The SMILES string of the molecule is Cn1cnnc1CCNC(=O)C1CNc2ccccc2N1. The Morgan fingerprint density at radius 1 is 1.43 bits per heavy atom. The van der Waals surface area contributed by atoms with Gasteiger partial charge in [-0.05, 0) is 12.1 Å². The first-order valence-corrected chi connectivity index (χ1v) is 6.94. The van der Waals surface area contributed by atoms with Gasteiger partial charge in [-0.1, -0.05) is 12.1 Å². The molecule has 1 aliphatic heterocycles. The van der Waals surface area contributed by atoms with E-state index in [1.807, 2.05) is 35.9 Å². The first kappa shape index (κ1) is 13.4. The number of fused-ring (bicyclic) bond motifs is 1. The molecule has 3 N–H and O–H groups in total. The summed E-state index contributed by atoms with van der Waals surface area (Å²) in [6.45, 7) is 1.12. The van der Waals surface area contributed by atoms with Crippen molar-refractivity contribution in [2.45, 2.75) is 12.5 Å². The van der Waals surface area contributed by atoms with Crippen LogP contribution in [0.2, 0.25) is 0 Å². The lowest BCUT2D eigenvalue weighted by Gasteiger charge is -2.27. The summed E-state index contributed by atoms with van der Waals surface area (Å²) in [5, 5.41) is 17.2. The summed E-state index contributed by atoms with van der Waals surface area (Å²) in [4.78, 5) is 12.2. The van der Waals surface area contributed by atoms with Crippen LogP contribution in [0.5, 0.6) is 0 Å². The van der Waals surface area contributed by atoms with Crippen LogP contribution in [0.1, 0.15) is 5.82 Å². The molecule has 1 aromatic heterocycles. The molecule has 110 valence electrons. The van der Waals surface area contributed by atoms with Gasteiger partial charge in [-0.3, -0.25) is 4.79 Å². The molecule has 0 aliphatic carbocycles. The van der Waals surface area contributed by atoms with E-state index in [0.717, 1.165) is 17.2 Å². The average Bonchev–Trinajstić information content (AvgIpc) is 2.92. The topological polar surface area (TPSA) is 83.9 Å². The van der Waals surface area contributed by atoms with E-state index in [0.29, 0.717) is 19.5 Å². The molecule has 0 saturated heterocycles. The number of aryl methyl sites for hydroxylation is 1. The van der Waals surface area contributed by atoms with Crippen LogP contribution in [-0.2, 0) is 18.3 Å². The zero-order chi connectivity index (χ0) is 14.7. The molecule has 0 fully saturated rings. The predicted molar refractivity (Wildman–Crippen MR) is 80.1 cm³/mol. The lowest BCUT2D eigenvalue weighted by atomic mass is 10.1. The highest BCUT2D eigenvalue weighted by atomic mass is 16.2. The fourth-order valence-corrected chi connectivity index (χ4v) is 2.33. The van der Waals surface area contributed by atoms with Gasteiger partial charge in [0.05, 0.1) is 11.4 Å². The number of rotatable bonds is 4. The summed E-state index contributed by atoms with van der Waals surface area (Å²) in [5.41, 5.74) is 1.98. The second-order valence-corrected chi connectivity index (χ2v) is 5.02. The smallest absolute Gasteiger partial charge is 0.244 e. The molecule has 2 heterocycles. The van der Waals surface area contributed by atoms with Gasteiger partial charge < -0.3 is 20.5 Å². The molecule has 7 nitrogen and oxygen atoms in total. The van der Waals surface area contributed by atoms with Gasteiger partial charge in [0.1, 0.15) is 18.2 Å². The van der Waals surface area contributed by atoms with Crippen molar-refractivity contribution in [2.75, 3.05) is 23.7 Å². The molecular formula is C14H18N6O. The van der Waals surface area contributed by atoms with Crippen molar-refractivity contribution in [3.05, 3.63) is 36.4 Å². The maximum atomic E-state index is 12.2. The third kappa shape index (κ3) is 2.96. The number of hydrogen-bond acceptors (Lipinski definition) is 5. The summed E-state index contributed by atoms with van der Waals surface area (Å²) < 4.78 is 1.85. The Morgan fingerprint density at radius 2 is 2.24 bits per heavy atom. The highest BCUT2D eigenvalue weighted by Gasteiger charge is 2.22. The molecule has 1 amide bonds. The molecular weight excluding hydrogens is 268 g/mol. The maximum absolute atomic E-state index is 12.2. The normalized spacial score (nSPS) is 16.5. The molecule has 7 heteroatoms. The summed E-state index contributed by atoms with van der Waals surface area (Å²) in [7, 11) is 1.89. The first-order valence-electron chi connectivity index (χ1n) is 6.94. The molecule has 0 saturated carbocycles. The molecule has 2 aromatic rings. The van der Waals surface area contributed by atoms with E-state index in [1.54, 1.807) is 6.33 Å². The Balaban J connectivity index is 1.52. The summed E-state index contributed by atoms with van der Waals surface area (Å²) in [5.74, 6) is 0.842. The quantitative estimate of drug-likeness (QED) is 0.757. The molecule has 0 bridgehead atoms. The second-order valence-electron chi connectivity index (χ2n) is 5.02. The van der Waals surface area contributed by atoms with Gasteiger partial charge in [-0.15, -0.1) is 10.2 Å². The monoisotopic (exact) mass is 286 g/mol. The van der Waals surface area contributed by atoms with Crippen LogP contribution in [0.3, 0.4) is 0 Å². The van der Waals surface area contributed by atoms with Crippen LogP contribution in [0.15, 0.2) is 30.6 Å². The van der Waals surface area contributed by atoms with E-state index in [1.165, 1.54) is 0 Å². The number of para-hydroxylation sites is 2. The number of nitrogens with zero attached hydrogens (tertiary/aromatic N) is 3. The van der Waals surface area contributed by atoms with Crippen molar-refractivity contribution in [3.63, 3.8) is 0 Å². The average molecular weight is 286 g/mol. The molecule has 1 unspecified atom stereocenters. The highest BCUT2D eigenvalue weighted by molar-refractivity contribution is 5.88. The van der Waals surface area contributed by atoms with E-state index in [4.69, 9.17) is 0 Å². The predicted octanol–water partition coefficient (Wildman–Crippen LogP) is 0.380. The van der Waals surface area contributed by atoms with Crippen LogP contribution < -0.4 is 16.0 Å². The Labute approximate surface area is 122 Å². The third-order valence-electron chi connectivity index (χ3n) is 3.52. The van der Waals surface area contributed by atoms with Gasteiger partial charge in [0.2, 0.25) is 5.91 Å². The lowest BCUT2D eigenvalue weighted by molar-refractivity contribution is -0.121. The van der Waals surface area contributed by atoms with Crippen molar-refractivity contribution in [2.24, 2.45) is 7.05 Å². The van der Waals surface area contributed by atoms with E-state index in [-0.39, 0.29) is 11.9 Å². The van der Waals surface area contributed by atoms with Crippen molar-refractivity contribution in [1.82, 2.24) is 20.1 Å². The number of aromatic nitrogens is 3. The number of carbonyl (C=O) groups is 1. The van der Waals surface area contributed by atoms with Gasteiger partial charge in [-0.25, -0.2) is 0 Å². The Morgan fingerprint density at radius 3 is 3.00 bits per heavy atom. The summed E-state index contributed by atoms with van der Waals surface area (Å²) >= 11 is 0. The van der Waals surface area contributed by atoms with Crippen LogP contribution >= 0.6 is 0 Å². The first-order chi connectivity index (χ1) is 10.2. The molecule has 3 rings (SSSR count). The number of hydrogen-bond donors (Lipinski definition) is 3. The maximum Gasteiger partial charge on any atom is 0.244 e. The molecule has 1 aliphatic rings. The molecule has 0 radical (unpaired) electrons. The van der Waals surface area contributed by atoms with Gasteiger partial charge >= 0.3 is 0 Å². The fraction of sp³-hybridized carbons (Fsp3) is 0.357. The number of amides is 1. The Kier molecular flexibility index (Phi) is 3.72. The second kappa shape index (κ2) is 5.82. The minimum Gasteiger partial charge on any atom is -0.381 e. The van der Waals surface area contributed by atoms with Crippen molar-refractivity contribution in [1.29, 1.82) is 0 Å². The summed E-state index contributed by atoms with van der Waals surface area (Å²) in [6.07, 6.45) is 2.32. The van der Waals surface area contributed by atoms with E-state index in [9.17, 15) is 4.79 Å². The zero-order valence-electron chi connectivity index (χ0n) is 11.8. The van der Waals surface area contributed by atoms with Gasteiger partial charge in [0.15, 0.2) is 0 Å². The van der Waals surface area contributed by atoms with Crippen LogP contribution in [0, 0.1) is 0 Å². The molecule has 1 aromatic carbocycles. The van der Waals surface area contributed by atoms with E-state index < -0.39 is 0 Å². The summed E-state index contributed by atoms with van der Waals surface area (Å²) in [6, 6.07) is 7.60.